The average molecular weight is 627 g/mol. The normalized spacial score (nSPS) is 23.0. The van der Waals surface area contributed by atoms with Crippen molar-refractivity contribution in [3.05, 3.63) is 63.4 Å². The molecule has 4 aliphatic rings. The van der Waals surface area contributed by atoms with Gasteiger partial charge in [0.05, 0.1) is 11.1 Å². The van der Waals surface area contributed by atoms with Crippen LogP contribution in [0.25, 0.3) is 0 Å². The van der Waals surface area contributed by atoms with E-state index >= 15 is 8.78 Å². The number of carbonyl (C=O) groups excluding carboxylic acids is 1. The summed E-state index contributed by atoms with van der Waals surface area (Å²) >= 11 is 6.13. The molecule has 1 atom stereocenters. The second-order valence-corrected chi connectivity index (χ2v) is 13.1. The number of hydrogen-bond donors (Lipinski definition) is 1. The third-order valence-electron chi connectivity index (χ3n) is 9.36. The molecule has 1 N–H and O–H groups in total. The van der Waals surface area contributed by atoms with Crippen LogP contribution in [-0.2, 0) is 17.5 Å². The number of amides is 1. The quantitative estimate of drug-likeness (QED) is 0.325. The fourth-order valence-electron chi connectivity index (χ4n) is 6.33. The summed E-state index contributed by atoms with van der Waals surface area (Å²) in [6, 6.07) is 4.71. The number of ether oxygens (including phenoxy) is 1. The number of likely N-dealkylation sites (tertiary alicyclic amines) is 2. The lowest BCUT2D eigenvalue weighted by molar-refractivity contribution is -0.141. The number of carboxylic acids is 1. The van der Waals surface area contributed by atoms with Crippen LogP contribution in [-0.4, -0.2) is 64.7 Å². The van der Waals surface area contributed by atoms with Crippen LogP contribution in [0.2, 0.25) is 5.02 Å². The largest absolute Gasteiger partial charge is 0.490 e. The summed E-state index contributed by atoms with van der Waals surface area (Å²) in [6.07, 6.45) is -0.665. The van der Waals surface area contributed by atoms with E-state index in [1.807, 2.05) is 4.90 Å². The van der Waals surface area contributed by atoms with Gasteiger partial charge in [0.25, 0.3) is 5.91 Å². The monoisotopic (exact) mass is 626 g/mol. The average Bonchev–Trinajstić information content (AvgIpc) is 3.87. The topological polar surface area (TPSA) is 70.1 Å². The molecule has 2 saturated heterocycles. The molecule has 43 heavy (non-hydrogen) atoms. The van der Waals surface area contributed by atoms with Gasteiger partial charge in [-0.05, 0) is 91.7 Å². The minimum absolute atomic E-state index is 0.0420. The fourth-order valence-corrected chi connectivity index (χ4v) is 6.51. The third kappa shape index (κ3) is 6.34. The van der Waals surface area contributed by atoms with Gasteiger partial charge in [0.15, 0.2) is 0 Å². The maximum absolute atomic E-state index is 15.8. The highest BCUT2D eigenvalue weighted by molar-refractivity contribution is 6.31. The molecule has 2 aromatic rings. The Hall–Kier alpha value is -2.92. The van der Waals surface area contributed by atoms with Crippen LogP contribution in [0.15, 0.2) is 30.3 Å². The Morgan fingerprint density at radius 1 is 1.07 bits per heavy atom. The van der Waals surface area contributed by atoms with E-state index in [0.29, 0.717) is 24.1 Å². The Bertz CT molecular complexity index is 1430. The SMILES string of the molecule is O=C(O)C1CC2(CC2)CN1C(=O)c1cc(C2CC2)c(OCC2(F)CCN(Cc3cc(C(F)(F)F)ccc3Cl)CC2)cc1F. The molecule has 6 nitrogen and oxygen atoms in total. The molecule has 4 fully saturated rings. The summed E-state index contributed by atoms with van der Waals surface area (Å²) in [4.78, 5) is 28.3. The van der Waals surface area contributed by atoms with E-state index in [0.717, 1.165) is 43.9 Å². The zero-order valence-corrected chi connectivity index (χ0v) is 24.1. The lowest BCUT2D eigenvalue weighted by atomic mass is 9.93. The summed E-state index contributed by atoms with van der Waals surface area (Å²) in [6.45, 7) is 0.638. The number of carboxylic acid groups (broad SMARTS) is 1. The predicted octanol–water partition coefficient (Wildman–Crippen LogP) is 6.84. The van der Waals surface area contributed by atoms with Gasteiger partial charge >= 0.3 is 12.1 Å². The first-order chi connectivity index (χ1) is 20.3. The molecule has 6 rings (SSSR count). The van der Waals surface area contributed by atoms with Crippen molar-refractivity contribution in [2.75, 3.05) is 26.2 Å². The first-order valence-corrected chi connectivity index (χ1v) is 14.9. The first kappa shape index (κ1) is 30.1. The van der Waals surface area contributed by atoms with Gasteiger partial charge in [0, 0.05) is 37.3 Å². The van der Waals surface area contributed by atoms with Gasteiger partial charge < -0.3 is 14.7 Å². The maximum atomic E-state index is 15.8. The number of nitrogens with zero attached hydrogens (tertiary/aromatic N) is 2. The summed E-state index contributed by atoms with van der Waals surface area (Å²) in [7, 11) is 0. The van der Waals surface area contributed by atoms with Crippen LogP contribution in [0.5, 0.6) is 5.75 Å². The Morgan fingerprint density at radius 2 is 1.77 bits per heavy atom. The van der Waals surface area contributed by atoms with Crippen molar-refractivity contribution in [3.8, 4) is 5.75 Å². The minimum atomic E-state index is -4.49. The van der Waals surface area contributed by atoms with Crippen molar-refractivity contribution in [3.63, 3.8) is 0 Å². The molecule has 232 valence electrons. The number of rotatable bonds is 8. The van der Waals surface area contributed by atoms with E-state index in [2.05, 4.69) is 0 Å². The van der Waals surface area contributed by atoms with E-state index < -0.39 is 41.1 Å². The highest BCUT2D eigenvalue weighted by Gasteiger charge is 2.55. The van der Waals surface area contributed by atoms with Crippen molar-refractivity contribution < 1.29 is 41.4 Å². The van der Waals surface area contributed by atoms with Crippen molar-refractivity contribution in [1.82, 2.24) is 9.80 Å². The van der Waals surface area contributed by atoms with Crippen LogP contribution in [0.1, 0.15) is 77.9 Å². The summed E-state index contributed by atoms with van der Waals surface area (Å²) in [5.74, 6) is -2.39. The molecule has 2 aliphatic heterocycles. The number of hydrogen-bond acceptors (Lipinski definition) is 4. The molecular formula is C31H32ClF5N2O4. The number of alkyl halides is 4. The maximum Gasteiger partial charge on any atom is 0.416 e. The van der Waals surface area contributed by atoms with Crippen LogP contribution in [0.4, 0.5) is 22.0 Å². The van der Waals surface area contributed by atoms with Crippen LogP contribution < -0.4 is 4.74 Å². The molecule has 0 radical (unpaired) electrons. The van der Waals surface area contributed by atoms with E-state index in [4.69, 9.17) is 16.3 Å². The van der Waals surface area contributed by atoms with Crippen molar-refractivity contribution in [2.24, 2.45) is 5.41 Å². The Labute approximate surface area is 250 Å². The van der Waals surface area contributed by atoms with Crippen LogP contribution in [0, 0.1) is 11.2 Å². The molecule has 2 aromatic carbocycles. The number of halogens is 6. The second kappa shape index (κ2) is 10.9. The molecule has 1 spiro atoms. The second-order valence-electron chi connectivity index (χ2n) is 12.7. The van der Waals surface area contributed by atoms with E-state index in [-0.39, 0.29) is 66.8 Å². The highest BCUT2D eigenvalue weighted by Crippen LogP contribution is 2.55. The smallest absolute Gasteiger partial charge is 0.416 e. The van der Waals surface area contributed by atoms with Crippen molar-refractivity contribution in [2.45, 2.75) is 75.3 Å². The Kier molecular flexibility index (Phi) is 7.64. The molecule has 12 heteroatoms. The zero-order valence-electron chi connectivity index (χ0n) is 23.4. The van der Waals surface area contributed by atoms with E-state index in [1.165, 1.54) is 17.0 Å². The Morgan fingerprint density at radius 3 is 2.37 bits per heavy atom. The van der Waals surface area contributed by atoms with Crippen LogP contribution in [0.3, 0.4) is 0 Å². The molecule has 1 unspecified atom stereocenters. The molecule has 0 aromatic heterocycles. The van der Waals surface area contributed by atoms with Crippen molar-refractivity contribution >= 4 is 23.5 Å². The number of benzene rings is 2. The van der Waals surface area contributed by atoms with Gasteiger partial charge in [-0.2, -0.15) is 13.2 Å². The number of piperidine rings is 1. The van der Waals surface area contributed by atoms with Gasteiger partial charge in [-0.3, -0.25) is 9.69 Å². The minimum Gasteiger partial charge on any atom is -0.490 e. The van der Waals surface area contributed by atoms with Gasteiger partial charge in [0.1, 0.15) is 29.9 Å². The summed E-state index contributed by atoms with van der Waals surface area (Å²) in [5.41, 5.74) is -1.98. The molecule has 0 bridgehead atoms. The molecule has 1 amide bonds. The molecular weight excluding hydrogens is 595 g/mol. The molecule has 2 aliphatic carbocycles. The third-order valence-corrected chi connectivity index (χ3v) is 9.73. The van der Waals surface area contributed by atoms with Crippen LogP contribution >= 0.6 is 11.6 Å². The predicted molar refractivity (Wildman–Crippen MR) is 147 cm³/mol. The standard InChI is InChI=1S/C31H32ClF5N2O4/c32-23-4-3-20(31(35,36)37)11-19(23)15-38-9-7-30(34,8-10-38)17-43-26-13-24(33)22(12-21(26)18-1-2-18)27(40)39-16-29(5-6-29)14-25(39)28(41)42/h3-4,11-13,18,25H,1-2,5-10,14-17H2,(H,41,42). The number of aliphatic carboxylic acids is 1. The zero-order chi connectivity index (χ0) is 30.7. The molecule has 2 heterocycles. The van der Waals surface area contributed by atoms with Crippen molar-refractivity contribution in [1.29, 1.82) is 0 Å². The number of carbonyl (C=O) groups is 2. The van der Waals surface area contributed by atoms with Gasteiger partial charge in [-0.25, -0.2) is 13.6 Å². The lowest BCUT2D eigenvalue weighted by Crippen LogP contribution is -2.44. The molecule has 2 saturated carbocycles. The first-order valence-electron chi connectivity index (χ1n) is 14.5. The highest BCUT2D eigenvalue weighted by atomic mass is 35.5. The summed E-state index contributed by atoms with van der Waals surface area (Å²) in [5, 5.41) is 9.88. The van der Waals surface area contributed by atoms with E-state index in [9.17, 15) is 27.9 Å². The summed E-state index contributed by atoms with van der Waals surface area (Å²) < 4.78 is 76.4. The van der Waals surface area contributed by atoms with Gasteiger partial charge in [-0.1, -0.05) is 11.6 Å². The van der Waals surface area contributed by atoms with E-state index in [1.54, 1.807) is 0 Å². The lowest BCUT2D eigenvalue weighted by Gasteiger charge is -2.36. The van der Waals surface area contributed by atoms with Gasteiger partial charge in [-0.15, -0.1) is 0 Å². The van der Waals surface area contributed by atoms with Gasteiger partial charge in [0.2, 0.25) is 0 Å². The Balaban J connectivity index is 1.11. The fraction of sp³-hybridized carbons (Fsp3) is 0.548.